The molecule has 0 atom stereocenters. The third kappa shape index (κ3) is 4.52. The van der Waals surface area contributed by atoms with E-state index in [4.69, 9.17) is 4.74 Å². The van der Waals surface area contributed by atoms with Crippen molar-refractivity contribution < 1.29 is 19.1 Å². The van der Waals surface area contributed by atoms with Gasteiger partial charge in [-0.25, -0.2) is 4.79 Å². The number of methoxy groups -OCH3 is 1. The van der Waals surface area contributed by atoms with Crippen LogP contribution in [0.15, 0.2) is 85.2 Å². The van der Waals surface area contributed by atoms with Gasteiger partial charge in [-0.1, -0.05) is 36.4 Å². The van der Waals surface area contributed by atoms with E-state index in [2.05, 4.69) is 21.4 Å². The number of aromatic nitrogens is 2. The number of rotatable bonds is 7. The van der Waals surface area contributed by atoms with Gasteiger partial charge in [-0.2, -0.15) is 5.10 Å². The molecule has 210 valence electrons. The zero-order valence-electron chi connectivity index (χ0n) is 23.1. The van der Waals surface area contributed by atoms with Gasteiger partial charge in [0, 0.05) is 41.9 Å². The van der Waals surface area contributed by atoms with E-state index in [1.807, 2.05) is 59.5 Å². The maximum Gasteiger partial charge on any atom is 0.337 e. The topological polar surface area (TPSA) is 96.8 Å². The van der Waals surface area contributed by atoms with Crippen molar-refractivity contribution in [2.24, 2.45) is 0 Å². The standard InChI is InChI=1S/C33H29N5O4/c1-42-33(41)23-8-12-26-27(19-23)35-32(40)30(26)31(21-6-3-2-4-7-21)38(24-9-10-24)25-11-13-28-22(18-25)14-17-37(28)29(39)20-36-16-5-15-34-36/h2-8,11-13,15-16,18-19,24H,9-10,14,17,20H2,1H3,(H,35,40). The van der Waals surface area contributed by atoms with Crippen LogP contribution in [-0.4, -0.2) is 47.3 Å². The van der Waals surface area contributed by atoms with Crippen LogP contribution < -0.4 is 15.1 Å². The van der Waals surface area contributed by atoms with Crippen LogP contribution in [0.5, 0.6) is 0 Å². The molecule has 0 saturated heterocycles. The summed E-state index contributed by atoms with van der Waals surface area (Å²) < 4.78 is 6.53. The van der Waals surface area contributed by atoms with Crippen LogP contribution in [0, 0.1) is 0 Å². The summed E-state index contributed by atoms with van der Waals surface area (Å²) in [5.74, 6) is -0.669. The molecule has 1 aliphatic carbocycles. The van der Waals surface area contributed by atoms with Crippen LogP contribution in [0.3, 0.4) is 0 Å². The van der Waals surface area contributed by atoms with Gasteiger partial charge in [0.05, 0.1) is 29.6 Å². The fraction of sp³-hybridized carbons (Fsp3) is 0.212. The van der Waals surface area contributed by atoms with Crippen molar-refractivity contribution in [2.45, 2.75) is 31.8 Å². The summed E-state index contributed by atoms with van der Waals surface area (Å²) in [4.78, 5) is 43.0. The Morgan fingerprint density at radius 2 is 1.86 bits per heavy atom. The number of ether oxygens (including phenoxy) is 1. The van der Waals surface area contributed by atoms with Crippen LogP contribution in [0.2, 0.25) is 0 Å². The number of nitrogens with zero attached hydrogens (tertiary/aromatic N) is 4. The van der Waals surface area contributed by atoms with Crippen molar-refractivity contribution >= 4 is 46.1 Å². The van der Waals surface area contributed by atoms with E-state index in [-0.39, 0.29) is 24.4 Å². The van der Waals surface area contributed by atoms with Crippen molar-refractivity contribution in [1.29, 1.82) is 0 Å². The predicted molar refractivity (Wildman–Crippen MR) is 160 cm³/mol. The Hall–Kier alpha value is -5.18. The largest absolute Gasteiger partial charge is 0.465 e. The Morgan fingerprint density at radius 1 is 1.02 bits per heavy atom. The number of anilines is 3. The van der Waals surface area contributed by atoms with E-state index < -0.39 is 5.97 Å². The number of nitrogens with one attached hydrogen (secondary N) is 1. The first-order valence-electron chi connectivity index (χ1n) is 14.1. The fourth-order valence-corrected chi connectivity index (χ4v) is 5.92. The number of esters is 1. The SMILES string of the molecule is COC(=O)c1ccc2c(c1)NC(=O)C2=C(c1ccccc1)N(c1ccc2c(c1)CCN2C(=O)Cn1cccn1)C1CC1. The fourth-order valence-electron chi connectivity index (χ4n) is 5.92. The first kappa shape index (κ1) is 25.8. The molecule has 3 heterocycles. The molecule has 1 saturated carbocycles. The zero-order chi connectivity index (χ0) is 28.8. The van der Waals surface area contributed by atoms with Crippen LogP contribution in [0.4, 0.5) is 17.1 Å². The van der Waals surface area contributed by atoms with Crippen LogP contribution >= 0.6 is 0 Å². The molecular weight excluding hydrogens is 530 g/mol. The summed E-state index contributed by atoms with van der Waals surface area (Å²) in [6.07, 6.45) is 6.22. The number of fused-ring (bicyclic) bond motifs is 2. The van der Waals surface area contributed by atoms with Crippen LogP contribution in [0.1, 0.15) is 39.9 Å². The molecule has 4 aromatic rings. The van der Waals surface area contributed by atoms with E-state index in [0.29, 0.717) is 23.4 Å². The van der Waals surface area contributed by atoms with Crippen molar-refractivity contribution in [3.63, 3.8) is 0 Å². The number of benzene rings is 3. The lowest BCUT2D eigenvalue weighted by atomic mass is 9.97. The summed E-state index contributed by atoms with van der Waals surface area (Å²) >= 11 is 0. The van der Waals surface area contributed by atoms with Crippen molar-refractivity contribution in [1.82, 2.24) is 9.78 Å². The number of carbonyl (C=O) groups is 3. The Morgan fingerprint density at radius 3 is 2.60 bits per heavy atom. The number of amides is 2. The quantitative estimate of drug-likeness (QED) is 0.259. The van der Waals surface area contributed by atoms with Gasteiger partial charge in [0.1, 0.15) is 6.54 Å². The molecule has 42 heavy (non-hydrogen) atoms. The molecule has 0 unspecified atom stereocenters. The van der Waals surface area contributed by atoms with Crippen molar-refractivity contribution in [3.8, 4) is 0 Å². The zero-order valence-corrected chi connectivity index (χ0v) is 23.1. The summed E-state index contributed by atoms with van der Waals surface area (Å²) in [7, 11) is 1.34. The molecule has 3 aliphatic rings. The van der Waals surface area contributed by atoms with Gasteiger partial charge in [-0.15, -0.1) is 0 Å². The van der Waals surface area contributed by atoms with Gasteiger partial charge in [0.25, 0.3) is 5.91 Å². The van der Waals surface area contributed by atoms with Gasteiger partial charge >= 0.3 is 5.97 Å². The third-order valence-corrected chi connectivity index (χ3v) is 8.02. The molecule has 0 bridgehead atoms. The summed E-state index contributed by atoms with van der Waals surface area (Å²) in [6, 6.07) is 23.4. The van der Waals surface area contributed by atoms with E-state index in [0.717, 1.165) is 53.0 Å². The van der Waals surface area contributed by atoms with Gasteiger partial charge in [-0.3, -0.25) is 14.3 Å². The molecular formula is C33H29N5O4. The maximum atomic E-state index is 13.6. The lowest BCUT2D eigenvalue weighted by molar-refractivity contribution is -0.119. The molecule has 1 fully saturated rings. The first-order valence-corrected chi connectivity index (χ1v) is 14.1. The van der Waals surface area contributed by atoms with E-state index in [1.54, 1.807) is 29.2 Å². The van der Waals surface area contributed by atoms with Crippen LogP contribution in [0.25, 0.3) is 11.3 Å². The molecule has 2 aliphatic heterocycles. The van der Waals surface area contributed by atoms with Gasteiger partial charge in [0.2, 0.25) is 5.91 Å². The lowest BCUT2D eigenvalue weighted by Crippen LogP contribution is -2.32. The molecule has 3 aromatic carbocycles. The maximum absolute atomic E-state index is 13.6. The van der Waals surface area contributed by atoms with Gasteiger partial charge in [-0.05, 0) is 66.8 Å². The van der Waals surface area contributed by atoms with Crippen molar-refractivity contribution in [3.05, 3.63) is 107 Å². The highest BCUT2D eigenvalue weighted by Crippen LogP contribution is 2.46. The highest BCUT2D eigenvalue weighted by atomic mass is 16.5. The second kappa shape index (κ2) is 10.3. The minimum atomic E-state index is -0.456. The summed E-state index contributed by atoms with van der Waals surface area (Å²) in [5, 5.41) is 7.15. The first-order chi connectivity index (χ1) is 20.5. The van der Waals surface area contributed by atoms with Gasteiger partial charge < -0.3 is 19.9 Å². The summed E-state index contributed by atoms with van der Waals surface area (Å²) in [5.41, 5.74) is 7.02. The normalized spacial score (nSPS) is 16.5. The average Bonchev–Trinajstić information content (AvgIpc) is 3.39. The Balaban J connectivity index is 1.32. The monoisotopic (exact) mass is 559 g/mol. The Kier molecular flexibility index (Phi) is 6.34. The number of hydrogen-bond donors (Lipinski definition) is 1. The average molecular weight is 560 g/mol. The third-order valence-electron chi connectivity index (χ3n) is 8.02. The van der Waals surface area contributed by atoms with Crippen LogP contribution in [-0.2, 0) is 27.3 Å². The minimum Gasteiger partial charge on any atom is -0.465 e. The second-order valence-corrected chi connectivity index (χ2v) is 10.7. The predicted octanol–water partition coefficient (Wildman–Crippen LogP) is 4.75. The number of carbonyl (C=O) groups excluding carboxylic acids is 3. The van der Waals surface area contributed by atoms with E-state index in [1.165, 1.54) is 7.11 Å². The molecule has 7 rings (SSSR count). The van der Waals surface area contributed by atoms with Crippen molar-refractivity contribution in [2.75, 3.05) is 28.8 Å². The van der Waals surface area contributed by atoms with E-state index in [9.17, 15) is 14.4 Å². The Bertz CT molecular complexity index is 1740. The second-order valence-electron chi connectivity index (χ2n) is 10.7. The highest BCUT2D eigenvalue weighted by molar-refractivity contribution is 6.38. The molecule has 2 amide bonds. The molecule has 1 aromatic heterocycles. The molecule has 0 spiro atoms. The smallest absolute Gasteiger partial charge is 0.337 e. The van der Waals surface area contributed by atoms with E-state index >= 15 is 0 Å². The highest BCUT2D eigenvalue weighted by Gasteiger charge is 2.38. The Labute approximate surface area is 243 Å². The minimum absolute atomic E-state index is 0.00176. The lowest BCUT2D eigenvalue weighted by Gasteiger charge is -2.30. The number of hydrogen-bond acceptors (Lipinski definition) is 6. The molecule has 9 nitrogen and oxygen atoms in total. The molecule has 9 heteroatoms. The summed E-state index contributed by atoms with van der Waals surface area (Å²) in [6.45, 7) is 0.812. The van der Waals surface area contributed by atoms with Gasteiger partial charge in [0.15, 0.2) is 0 Å². The molecule has 1 N–H and O–H groups in total. The molecule has 0 radical (unpaired) electrons.